The second-order valence-electron chi connectivity index (χ2n) is 3.36. The Hall–Kier alpha value is -2.36. The van der Waals surface area contributed by atoms with E-state index >= 15 is 0 Å². The molecule has 86 valence electrons. The molecule has 1 N–H and O–H groups in total. The van der Waals surface area contributed by atoms with Gasteiger partial charge in [0.15, 0.2) is 0 Å². The largest absolute Gasteiger partial charge is 0.478 e. The fourth-order valence-electron chi connectivity index (χ4n) is 1.36. The van der Waals surface area contributed by atoms with Crippen LogP contribution in [0.3, 0.4) is 0 Å². The molecule has 0 spiro atoms. The van der Waals surface area contributed by atoms with Crippen molar-refractivity contribution in [2.45, 2.75) is 0 Å². The first kappa shape index (κ1) is 11.1. The van der Waals surface area contributed by atoms with Crippen LogP contribution in [0.25, 0.3) is 0 Å². The zero-order chi connectivity index (χ0) is 12.3. The molecule has 0 atom stereocenters. The lowest BCUT2D eigenvalue weighted by Crippen LogP contribution is -1.99. The molecule has 0 heterocycles. The second-order valence-corrected chi connectivity index (χ2v) is 3.36. The van der Waals surface area contributed by atoms with Crippen LogP contribution in [0, 0.1) is 5.82 Å². The number of carboxylic acids is 1. The summed E-state index contributed by atoms with van der Waals surface area (Å²) in [6, 6.07) is 11.7. The van der Waals surface area contributed by atoms with Crippen LogP contribution < -0.4 is 4.74 Å². The van der Waals surface area contributed by atoms with E-state index in [9.17, 15) is 9.18 Å². The maximum atomic E-state index is 12.7. The van der Waals surface area contributed by atoms with Crippen molar-refractivity contribution in [1.82, 2.24) is 0 Å². The summed E-state index contributed by atoms with van der Waals surface area (Å²) >= 11 is 0. The number of carbonyl (C=O) groups is 1. The first-order valence-electron chi connectivity index (χ1n) is 4.92. The molecule has 2 aromatic rings. The van der Waals surface area contributed by atoms with E-state index in [1.165, 1.54) is 30.3 Å². The molecule has 4 heteroatoms. The van der Waals surface area contributed by atoms with Crippen molar-refractivity contribution in [2.75, 3.05) is 0 Å². The maximum absolute atomic E-state index is 12.7. The highest BCUT2D eigenvalue weighted by atomic mass is 19.1. The van der Waals surface area contributed by atoms with E-state index in [1.54, 1.807) is 18.2 Å². The normalized spacial score (nSPS) is 9.94. The highest BCUT2D eigenvalue weighted by molar-refractivity contribution is 5.90. The minimum absolute atomic E-state index is 0.0665. The molecule has 0 aromatic heterocycles. The number of carboxylic acid groups (broad SMARTS) is 1. The Labute approximate surface area is 97.1 Å². The van der Waals surface area contributed by atoms with E-state index in [0.717, 1.165) is 0 Å². The van der Waals surface area contributed by atoms with Crippen LogP contribution in [0.5, 0.6) is 11.5 Å². The fraction of sp³-hybridized carbons (Fsp3) is 0. The van der Waals surface area contributed by atoms with E-state index in [0.29, 0.717) is 5.75 Å². The molecular weight excluding hydrogens is 223 g/mol. The van der Waals surface area contributed by atoms with E-state index in [4.69, 9.17) is 9.84 Å². The molecule has 0 aliphatic heterocycles. The van der Waals surface area contributed by atoms with Crippen LogP contribution >= 0.6 is 0 Å². The van der Waals surface area contributed by atoms with Gasteiger partial charge in [-0.3, -0.25) is 0 Å². The Balaban J connectivity index is 2.30. The molecule has 0 bridgehead atoms. The molecule has 0 saturated heterocycles. The Bertz CT molecular complexity index is 535. The zero-order valence-electron chi connectivity index (χ0n) is 8.76. The summed E-state index contributed by atoms with van der Waals surface area (Å²) in [5.41, 5.74) is 0.0665. The lowest BCUT2D eigenvalue weighted by Gasteiger charge is -2.08. The van der Waals surface area contributed by atoms with Crippen molar-refractivity contribution in [3.05, 3.63) is 59.9 Å². The molecule has 0 aliphatic carbocycles. The fourth-order valence-corrected chi connectivity index (χ4v) is 1.36. The smallest absolute Gasteiger partial charge is 0.339 e. The molecule has 17 heavy (non-hydrogen) atoms. The summed E-state index contributed by atoms with van der Waals surface area (Å²) in [6.07, 6.45) is 0. The highest BCUT2D eigenvalue weighted by Crippen LogP contribution is 2.25. The van der Waals surface area contributed by atoms with Crippen molar-refractivity contribution in [3.63, 3.8) is 0 Å². The van der Waals surface area contributed by atoms with E-state index in [-0.39, 0.29) is 17.1 Å². The first-order chi connectivity index (χ1) is 8.16. The Morgan fingerprint density at radius 2 is 1.71 bits per heavy atom. The van der Waals surface area contributed by atoms with Gasteiger partial charge in [0.1, 0.15) is 22.9 Å². The number of hydrogen-bond acceptors (Lipinski definition) is 2. The van der Waals surface area contributed by atoms with E-state index in [1.807, 2.05) is 0 Å². The molecule has 0 unspecified atom stereocenters. The molecule has 3 nitrogen and oxygen atoms in total. The average Bonchev–Trinajstić information content (AvgIpc) is 2.32. The number of benzene rings is 2. The first-order valence-corrected chi connectivity index (χ1v) is 4.92. The summed E-state index contributed by atoms with van der Waals surface area (Å²) in [5, 5.41) is 8.95. The lowest BCUT2D eigenvalue weighted by molar-refractivity contribution is 0.0694. The number of halogens is 1. The minimum Gasteiger partial charge on any atom is -0.478 e. The van der Waals surface area contributed by atoms with E-state index < -0.39 is 5.97 Å². The number of aromatic carboxylic acids is 1. The van der Waals surface area contributed by atoms with E-state index in [2.05, 4.69) is 0 Å². The summed E-state index contributed by atoms with van der Waals surface area (Å²) in [7, 11) is 0. The Morgan fingerprint density at radius 3 is 2.35 bits per heavy atom. The molecule has 2 aromatic carbocycles. The highest BCUT2D eigenvalue weighted by Gasteiger charge is 2.10. The van der Waals surface area contributed by atoms with Crippen molar-refractivity contribution in [1.29, 1.82) is 0 Å². The molecule has 0 radical (unpaired) electrons. The van der Waals surface area contributed by atoms with Gasteiger partial charge in [-0.25, -0.2) is 9.18 Å². The molecular formula is C13H9FO3. The van der Waals surface area contributed by atoms with Gasteiger partial charge in [0.25, 0.3) is 0 Å². The van der Waals surface area contributed by atoms with Gasteiger partial charge in [0.2, 0.25) is 0 Å². The third-order valence-corrected chi connectivity index (χ3v) is 2.16. The van der Waals surface area contributed by atoms with Crippen LogP contribution in [-0.4, -0.2) is 11.1 Å². The maximum Gasteiger partial charge on any atom is 0.339 e. The summed E-state index contributed by atoms with van der Waals surface area (Å²) in [5.74, 6) is -0.821. The summed E-state index contributed by atoms with van der Waals surface area (Å²) in [4.78, 5) is 10.9. The van der Waals surface area contributed by atoms with Gasteiger partial charge < -0.3 is 9.84 Å². The van der Waals surface area contributed by atoms with Gasteiger partial charge in [-0.2, -0.15) is 0 Å². The van der Waals surface area contributed by atoms with Gasteiger partial charge in [0.05, 0.1) is 0 Å². The van der Waals surface area contributed by atoms with Gasteiger partial charge >= 0.3 is 5.97 Å². The number of para-hydroxylation sites is 1. The average molecular weight is 232 g/mol. The second kappa shape index (κ2) is 4.65. The predicted molar refractivity (Wildman–Crippen MR) is 59.9 cm³/mol. The predicted octanol–water partition coefficient (Wildman–Crippen LogP) is 3.32. The number of ether oxygens (including phenoxy) is 1. The standard InChI is InChI=1S/C13H9FO3/c14-9-5-7-10(8-6-9)17-12-4-2-1-3-11(12)13(15)16/h1-8H,(H,15,16). The Kier molecular flexibility index (Phi) is 3.05. The van der Waals surface area contributed by atoms with Gasteiger partial charge in [-0.15, -0.1) is 0 Å². The molecule has 2 rings (SSSR count). The molecule has 0 saturated carbocycles. The third kappa shape index (κ3) is 2.60. The minimum atomic E-state index is -1.07. The summed E-state index contributed by atoms with van der Waals surface area (Å²) in [6.45, 7) is 0. The monoisotopic (exact) mass is 232 g/mol. The topological polar surface area (TPSA) is 46.5 Å². The van der Waals surface area contributed by atoms with Gasteiger partial charge in [-0.1, -0.05) is 12.1 Å². The van der Waals surface area contributed by atoms with Crippen molar-refractivity contribution in [2.24, 2.45) is 0 Å². The third-order valence-electron chi connectivity index (χ3n) is 2.16. The van der Waals surface area contributed by atoms with Crippen molar-refractivity contribution < 1.29 is 19.0 Å². The zero-order valence-corrected chi connectivity index (χ0v) is 8.76. The number of hydrogen-bond donors (Lipinski definition) is 1. The van der Waals surface area contributed by atoms with Crippen LogP contribution in [0.1, 0.15) is 10.4 Å². The van der Waals surface area contributed by atoms with Crippen LogP contribution in [0.15, 0.2) is 48.5 Å². The molecule has 0 aliphatic rings. The quantitative estimate of drug-likeness (QED) is 0.882. The van der Waals surface area contributed by atoms with Crippen molar-refractivity contribution >= 4 is 5.97 Å². The molecule has 0 fully saturated rings. The van der Waals surface area contributed by atoms with Crippen LogP contribution in [0.4, 0.5) is 4.39 Å². The lowest BCUT2D eigenvalue weighted by atomic mass is 10.2. The van der Waals surface area contributed by atoms with Crippen LogP contribution in [-0.2, 0) is 0 Å². The van der Waals surface area contributed by atoms with Gasteiger partial charge in [-0.05, 0) is 36.4 Å². The number of rotatable bonds is 3. The molecule has 0 amide bonds. The summed E-state index contributed by atoms with van der Waals surface area (Å²) < 4.78 is 18.1. The SMILES string of the molecule is O=C(O)c1ccccc1Oc1ccc(F)cc1. The Morgan fingerprint density at radius 1 is 1.06 bits per heavy atom. The van der Waals surface area contributed by atoms with Gasteiger partial charge in [0, 0.05) is 0 Å². The van der Waals surface area contributed by atoms with Crippen molar-refractivity contribution in [3.8, 4) is 11.5 Å². The van der Waals surface area contributed by atoms with Crippen LogP contribution in [0.2, 0.25) is 0 Å².